The van der Waals surface area contributed by atoms with Gasteiger partial charge in [-0.25, -0.2) is 0 Å². The SMILES string of the molecule is COc1ccc(C2=NN(C(=O)COc3ccc(C(C)(C)c4ccccc4)cc3)C(O)(C(F)(F)F)C2)cc1. The standard InChI is InChI=1S/C28H27F3N2O4/c1-26(2,20-7-5-4-6-8-20)21-11-15-23(16-12-21)37-18-25(34)33-27(35,28(29,30)31)17-24(32-33)19-9-13-22(36-3)14-10-19/h4-16,35H,17-18H2,1-3H3. The van der Waals surface area contributed by atoms with E-state index in [4.69, 9.17) is 9.47 Å². The zero-order valence-electron chi connectivity index (χ0n) is 20.6. The third kappa shape index (κ3) is 5.17. The van der Waals surface area contributed by atoms with Crippen LogP contribution in [0.2, 0.25) is 0 Å². The van der Waals surface area contributed by atoms with E-state index in [1.807, 2.05) is 42.5 Å². The Hall–Kier alpha value is -3.85. The van der Waals surface area contributed by atoms with Crippen LogP contribution in [0.15, 0.2) is 84.0 Å². The third-order valence-electron chi connectivity index (χ3n) is 6.53. The fourth-order valence-corrected chi connectivity index (χ4v) is 4.17. The summed E-state index contributed by atoms with van der Waals surface area (Å²) in [5.74, 6) is -0.319. The number of ether oxygens (including phenoxy) is 2. The summed E-state index contributed by atoms with van der Waals surface area (Å²) in [5, 5.41) is 14.4. The molecule has 3 aromatic carbocycles. The van der Waals surface area contributed by atoms with Crippen LogP contribution in [0, 0.1) is 0 Å². The van der Waals surface area contributed by atoms with E-state index in [9.17, 15) is 23.1 Å². The molecule has 1 amide bonds. The molecule has 4 rings (SSSR count). The minimum Gasteiger partial charge on any atom is -0.497 e. The first-order valence-corrected chi connectivity index (χ1v) is 11.6. The predicted octanol–water partition coefficient (Wildman–Crippen LogP) is 5.29. The number of amides is 1. The number of nitrogens with zero attached hydrogens (tertiary/aromatic N) is 2. The molecule has 6 nitrogen and oxygen atoms in total. The second-order valence-electron chi connectivity index (χ2n) is 9.28. The van der Waals surface area contributed by atoms with Gasteiger partial charge in [-0.2, -0.15) is 23.3 Å². The Morgan fingerprint density at radius 2 is 1.51 bits per heavy atom. The van der Waals surface area contributed by atoms with Gasteiger partial charge in [0.1, 0.15) is 11.5 Å². The average molecular weight is 513 g/mol. The van der Waals surface area contributed by atoms with Crippen molar-refractivity contribution in [2.45, 2.75) is 37.6 Å². The molecule has 0 aromatic heterocycles. The van der Waals surface area contributed by atoms with E-state index in [-0.39, 0.29) is 16.1 Å². The number of benzene rings is 3. The summed E-state index contributed by atoms with van der Waals surface area (Å²) in [7, 11) is 1.46. The second-order valence-corrected chi connectivity index (χ2v) is 9.28. The van der Waals surface area contributed by atoms with Crippen LogP contribution in [0.25, 0.3) is 0 Å². The Kier molecular flexibility index (Phi) is 7.01. The van der Waals surface area contributed by atoms with Crippen molar-refractivity contribution in [2.75, 3.05) is 13.7 Å². The fourth-order valence-electron chi connectivity index (χ4n) is 4.17. The van der Waals surface area contributed by atoms with Gasteiger partial charge in [-0.15, -0.1) is 0 Å². The molecule has 1 atom stereocenters. The van der Waals surface area contributed by atoms with E-state index in [1.165, 1.54) is 19.2 Å². The molecule has 1 aliphatic heterocycles. The molecular weight excluding hydrogens is 485 g/mol. The quantitative estimate of drug-likeness (QED) is 0.467. The van der Waals surface area contributed by atoms with Crippen molar-refractivity contribution in [3.8, 4) is 11.5 Å². The summed E-state index contributed by atoms with van der Waals surface area (Å²) < 4.78 is 52.1. The monoisotopic (exact) mass is 512 g/mol. The number of rotatable bonds is 7. The number of halogens is 3. The Labute approximate surface area is 212 Å². The molecule has 0 saturated carbocycles. The molecule has 37 heavy (non-hydrogen) atoms. The first-order valence-electron chi connectivity index (χ1n) is 11.6. The zero-order chi connectivity index (χ0) is 26.8. The Balaban J connectivity index is 1.50. The van der Waals surface area contributed by atoms with Crippen LogP contribution in [0.1, 0.15) is 37.0 Å². The molecule has 1 aliphatic rings. The fraction of sp³-hybridized carbons (Fsp3) is 0.286. The Morgan fingerprint density at radius 3 is 2.08 bits per heavy atom. The average Bonchev–Trinajstić information content (AvgIpc) is 3.27. The van der Waals surface area contributed by atoms with E-state index in [1.54, 1.807) is 24.3 Å². The van der Waals surface area contributed by atoms with Gasteiger partial charge in [0.05, 0.1) is 19.2 Å². The lowest BCUT2D eigenvalue weighted by Gasteiger charge is -2.32. The number of hydrazone groups is 1. The van der Waals surface area contributed by atoms with Crippen LogP contribution in [0.3, 0.4) is 0 Å². The first-order chi connectivity index (χ1) is 17.5. The predicted molar refractivity (Wildman–Crippen MR) is 133 cm³/mol. The smallest absolute Gasteiger partial charge is 0.438 e. The lowest BCUT2D eigenvalue weighted by molar-refractivity contribution is -0.302. The van der Waals surface area contributed by atoms with Crippen LogP contribution >= 0.6 is 0 Å². The van der Waals surface area contributed by atoms with Gasteiger partial charge >= 0.3 is 6.18 Å². The molecule has 3 aromatic rings. The highest BCUT2D eigenvalue weighted by Gasteiger charge is 2.63. The van der Waals surface area contributed by atoms with Crippen molar-refractivity contribution >= 4 is 11.6 Å². The molecule has 194 valence electrons. The molecule has 0 saturated heterocycles. The van der Waals surface area contributed by atoms with Crippen molar-refractivity contribution in [2.24, 2.45) is 5.10 Å². The number of carbonyl (C=O) groups is 1. The van der Waals surface area contributed by atoms with Gasteiger partial charge in [0, 0.05) is 5.41 Å². The zero-order valence-corrected chi connectivity index (χ0v) is 20.6. The van der Waals surface area contributed by atoms with Gasteiger partial charge in [0.2, 0.25) is 0 Å². The molecule has 1 heterocycles. The molecule has 0 spiro atoms. The topological polar surface area (TPSA) is 71.4 Å². The summed E-state index contributed by atoms with van der Waals surface area (Å²) in [6, 6.07) is 23.0. The lowest BCUT2D eigenvalue weighted by atomic mass is 9.78. The minimum absolute atomic E-state index is 0.0689. The summed E-state index contributed by atoms with van der Waals surface area (Å²) in [4.78, 5) is 12.8. The Morgan fingerprint density at radius 1 is 0.946 bits per heavy atom. The summed E-state index contributed by atoms with van der Waals surface area (Å²) >= 11 is 0. The van der Waals surface area contributed by atoms with Crippen LogP contribution in [0.4, 0.5) is 13.2 Å². The van der Waals surface area contributed by atoms with E-state index in [0.717, 1.165) is 11.1 Å². The third-order valence-corrected chi connectivity index (χ3v) is 6.53. The molecule has 0 fully saturated rings. The number of alkyl halides is 3. The molecule has 0 bridgehead atoms. The highest BCUT2D eigenvalue weighted by molar-refractivity contribution is 6.03. The van der Waals surface area contributed by atoms with Gasteiger partial charge in [-0.1, -0.05) is 56.3 Å². The maximum Gasteiger partial charge on any atom is 0.438 e. The maximum atomic E-state index is 13.8. The highest BCUT2D eigenvalue weighted by atomic mass is 19.4. The number of carbonyl (C=O) groups excluding carboxylic acids is 1. The normalized spacial score (nSPS) is 17.9. The van der Waals surface area contributed by atoms with Gasteiger partial charge in [0.15, 0.2) is 6.61 Å². The number of aliphatic hydroxyl groups is 1. The summed E-state index contributed by atoms with van der Waals surface area (Å²) in [6.45, 7) is 3.41. The first kappa shape index (κ1) is 26.2. The molecular formula is C28H27F3N2O4. The van der Waals surface area contributed by atoms with Crippen molar-refractivity contribution in [3.05, 3.63) is 95.6 Å². The van der Waals surface area contributed by atoms with Gasteiger partial charge in [0.25, 0.3) is 11.6 Å². The van der Waals surface area contributed by atoms with E-state index in [2.05, 4.69) is 18.9 Å². The molecule has 1 N–H and O–H groups in total. The Bertz CT molecular complexity index is 1270. The largest absolute Gasteiger partial charge is 0.497 e. The molecule has 9 heteroatoms. The van der Waals surface area contributed by atoms with Crippen molar-refractivity contribution in [3.63, 3.8) is 0 Å². The van der Waals surface area contributed by atoms with E-state index >= 15 is 0 Å². The van der Waals surface area contributed by atoms with Crippen molar-refractivity contribution in [1.29, 1.82) is 0 Å². The van der Waals surface area contributed by atoms with Crippen LogP contribution < -0.4 is 9.47 Å². The molecule has 0 radical (unpaired) electrons. The van der Waals surface area contributed by atoms with Crippen molar-refractivity contribution in [1.82, 2.24) is 5.01 Å². The van der Waals surface area contributed by atoms with Crippen molar-refractivity contribution < 1.29 is 32.5 Å². The van der Waals surface area contributed by atoms with E-state index < -0.39 is 30.8 Å². The summed E-state index contributed by atoms with van der Waals surface area (Å²) in [5.41, 5.74) is -1.41. The number of hydrogen-bond donors (Lipinski definition) is 1. The number of hydrogen-bond acceptors (Lipinski definition) is 5. The summed E-state index contributed by atoms with van der Waals surface area (Å²) in [6.07, 6.45) is -6.04. The lowest BCUT2D eigenvalue weighted by Crippen LogP contribution is -2.57. The van der Waals surface area contributed by atoms with Crippen LogP contribution in [0.5, 0.6) is 11.5 Å². The van der Waals surface area contributed by atoms with Gasteiger partial charge in [-0.05, 0) is 53.1 Å². The maximum absolute atomic E-state index is 13.8. The number of methoxy groups -OCH3 is 1. The van der Waals surface area contributed by atoms with Crippen LogP contribution in [-0.2, 0) is 10.2 Å². The molecule has 0 aliphatic carbocycles. The van der Waals surface area contributed by atoms with Crippen LogP contribution in [-0.4, -0.2) is 47.4 Å². The van der Waals surface area contributed by atoms with Gasteiger partial charge in [-0.3, -0.25) is 4.79 Å². The molecule has 1 unspecified atom stereocenters. The van der Waals surface area contributed by atoms with Gasteiger partial charge < -0.3 is 14.6 Å². The minimum atomic E-state index is -5.13. The highest BCUT2D eigenvalue weighted by Crippen LogP contribution is 2.41. The van der Waals surface area contributed by atoms with E-state index in [0.29, 0.717) is 17.1 Å². The second kappa shape index (κ2) is 9.89.